The Morgan fingerprint density at radius 1 is 1.03 bits per heavy atom. The molecule has 32 heavy (non-hydrogen) atoms. The molecule has 0 fully saturated rings. The predicted molar refractivity (Wildman–Crippen MR) is 123 cm³/mol. The van der Waals surface area contributed by atoms with Gasteiger partial charge < -0.3 is 10.5 Å². The van der Waals surface area contributed by atoms with Crippen molar-refractivity contribution in [3.63, 3.8) is 0 Å². The van der Waals surface area contributed by atoms with Gasteiger partial charge in [0, 0.05) is 18.2 Å². The van der Waals surface area contributed by atoms with Gasteiger partial charge in [-0.2, -0.15) is 0 Å². The Labute approximate surface area is 188 Å². The van der Waals surface area contributed by atoms with Crippen LogP contribution in [0.4, 0.5) is 5.82 Å². The second kappa shape index (κ2) is 8.56. The van der Waals surface area contributed by atoms with Crippen molar-refractivity contribution in [2.45, 2.75) is 13.3 Å². The molecule has 0 radical (unpaired) electrons. The van der Waals surface area contributed by atoms with Gasteiger partial charge in [-0.3, -0.25) is 0 Å². The summed E-state index contributed by atoms with van der Waals surface area (Å²) in [6.07, 6.45) is 2.22. The van der Waals surface area contributed by atoms with Crippen molar-refractivity contribution in [1.29, 1.82) is 0 Å². The summed E-state index contributed by atoms with van der Waals surface area (Å²) in [5.41, 5.74) is 10.8. The number of H-pyrrole nitrogens is 1. The molecular formula is C23H19N7OS. The first-order valence-electron chi connectivity index (χ1n) is 9.94. The summed E-state index contributed by atoms with van der Waals surface area (Å²) in [6.45, 7) is 1.97. The van der Waals surface area contributed by atoms with Gasteiger partial charge >= 0.3 is 0 Å². The van der Waals surface area contributed by atoms with Crippen molar-refractivity contribution in [1.82, 2.24) is 30.6 Å². The number of aryl methyl sites for hydroxylation is 1. The third-order valence-corrected chi connectivity index (χ3v) is 5.72. The first-order chi connectivity index (χ1) is 15.7. The predicted octanol–water partition coefficient (Wildman–Crippen LogP) is 4.66. The fourth-order valence-corrected chi connectivity index (χ4v) is 4.27. The van der Waals surface area contributed by atoms with E-state index in [9.17, 15) is 0 Å². The van der Waals surface area contributed by atoms with Crippen LogP contribution in [-0.4, -0.2) is 30.6 Å². The minimum atomic E-state index is 0.392. The van der Waals surface area contributed by atoms with Crippen LogP contribution < -0.4 is 10.5 Å². The number of thiazole rings is 1. The molecule has 3 aromatic heterocycles. The van der Waals surface area contributed by atoms with Gasteiger partial charge in [0.2, 0.25) is 5.06 Å². The summed E-state index contributed by atoms with van der Waals surface area (Å²) in [6, 6.07) is 19.8. The Balaban J connectivity index is 1.53. The lowest BCUT2D eigenvalue weighted by Gasteiger charge is -2.13. The molecule has 5 rings (SSSR count). The first-order valence-corrected chi connectivity index (χ1v) is 10.8. The number of hydrogen-bond donors (Lipinski definition) is 2. The number of nitrogens with two attached hydrogens (primary N) is 1. The highest BCUT2D eigenvalue weighted by Crippen LogP contribution is 2.42. The molecule has 5 aromatic rings. The van der Waals surface area contributed by atoms with E-state index in [-0.39, 0.29) is 0 Å². The number of pyridine rings is 1. The maximum Gasteiger partial charge on any atom is 0.208 e. The normalized spacial score (nSPS) is 10.9. The van der Waals surface area contributed by atoms with E-state index < -0.39 is 0 Å². The summed E-state index contributed by atoms with van der Waals surface area (Å²) in [4.78, 5) is 8.98. The molecule has 9 heteroatoms. The number of nitrogens with zero attached hydrogens (tertiary/aromatic N) is 5. The molecule has 0 aliphatic carbocycles. The van der Waals surface area contributed by atoms with Gasteiger partial charge in [-0.15, -0.1) is 5.10 Å². The molecule has 0 saturated carbocycles. The van der Waals surface area contributed by atoms with Gasteiger partial charge in [0.25, 0.3) is 0 Å². The Bertz CT molecular complexity index is 1350. The molecule has 0 saturated heterocycles. The smallest absolute Gasteiger partial charge is 0.208 e. The highest BCUT2D eigenvalue weighted by atomic mass is 32.1. The number of benzene rings is 2. The molecule has 0 amide bonds. The van der Waals surface area contributed by atoms with Crippen LogP contribution in [0, 0.1) is 6.92 Å². The highest BCUT2D eigenvalue weighted by molar-refractivity contribution is 7.13. The second-order valence-electron chi connectivity index (χ2n) is 7.13. The quantitative estimate of drug-likeness (QED) is 0.394. The number of tetrazole rings is 1. The first kappa shape index (κ1) is 19.8. The van der Waals surface area contributed by atoms with E-state index >= 15 is 0 Å². The zero-order valence-corrected chi connectivity index (χ0v) is 18.0. The summed E-state index contributed by atoms with van der Waals surface area (Å²) in [5, 5.41) is 15.6. The van der Waals surface area contributed by atoms with Crippen molar-refractivity contribution in [3.8, 4) is 33.2 Å². The molecule has 8 nitrogen and oxygen atoms in total. The molecule has 158 valence electrons. The van der Waals surface area contributed by atoms with E-state index in [1.165, 1.54) is 11.3 Å². The summed E-state index contributed by atoms with van der Waals surface area (Å²) >= 11 is 1.50. The Hall–Kier alpha value is -4.11. The third-order valence-electron chi connectivity index (χ3n) is 4.87. The number of nitrogens with one attached hydrogen (secondary N) is 1. The zero-order chi connectivity index (χ0) is 21.9. The van der Waals surface area contributed by atoms with Gasteiger partial charge in [0.1, 0.15) is 17.3 Å². The van der Waals surface area contributed by atoms with E-state index in [1.807, 2.05) is 67.6 Å². The Morgan fingerprint density at radius 2 is 1.88 bits per heavy atom. The maximum absolute atomic E-state index is 6.39. The van der Waals surface area contributed by atoms with Crippen molar-refractivity contribution >= 4 is 17.2 Å². The minimum absolute atomic E-state index is 0.392. The topological polar surface area (TPSA) is 115 Å². The van der Waals surface area contributed by atoms with Crippen molar-refractivity contribution < 1.29 is 4.74 Å². The van der Waals surface area contributed by atoms with Crippen LogP contribution in [0.2, 0.25) is 0 Å². The molecule has 0 aliphatic heterocycles. The molecule has 0 spiro atoms. The molecule has 0 unspecified atom stereocenters. The van der Waals surface area contributed by atoms with E-state index in [1.54, 1.807) is 6.20 Å². The summed E-state index contributed by atoms with van der Waals surface area (Å²) in [7, 11) is 0. The number of aromatic amines is 1. The monoisotopic (exact) mass is 441 g/mol. The lowest BCUT2D eigenvalue weighted by Crippen LogP contribution is -1.98. The number of hydrogen-bond acceptors (Lipinski definition) is 8. The number of aromatic nitrogens is 6. The fraction of sp³-hybridized carbons (Fsp3) is 0.0870. The standard InChI is InChI=1S/C23H19N7OS/c1-14-26-21(16-7-3-2-4-8-16)23(32-14)31-18-10-11-25-22(24)20(18)17-9-5-6-15(12-17)13-19-27-29-30-28-19/h2-12H,13H2,1H3,(H2,24,25)(H,27,28,29,30). The molecular weight excluding hydrogens is 422 g/mol. The van der Waals surface area contributed by atoms with E-state index in [0.29, 0.717) is 28.9 Å². The van der Waals surface area contributed by atoms with Crippen molar-refractivity contribution in [3.05, 3.63) is 83.3 Å². The summed E-state index contributed by atoms with van der Waals surface area (Å²) in [5.74, 6) is 1.70. The number of ether oxygens (including phenoxy) is 1. The maximum atomic E-state index is 6.39. The minimum Gasteiger partial charge on any atom is -0.443 e. The third kappa shape index (κ3) is 4.06. The van der Waals surface area contributed by atoms with E-state index in [0.717, 1.165) is 33.0 Å². The Kier molecular flexibility index (Phi) is 5.30. The van der Waals surface area contributed by atoms with Crippen LogP contribution in [0.25, 0.3) is 22.4 Å². The average Bonchev–Trinajstić information content (AvgIpc) is 3.44. The van der Waals surface area contributed by atoms with Gasteiger partial charge in [0.15, 0.2) is 5.82 Å². The van der Waals surface area contributed by atoms with E-state index in [2.05, 4.69) is 30.6 Å². The Morgan fingerprint density at radius 3 is 2.69 bits per heavy atom. The number of nitrogen functional groups attached to an aromatic ring is 1. The van der Waals surface area contributed by atoms with Crippen molar-refractivity contribution in [2.24, 2.45) is 0 Å². The van der Waals surface area contributed by atoms with Gasteiger partial charge in [-0.25, -0.2) is 15.1 Å². The molecule has 3 N–H and O–H groups in total. The molecule has 0 aliphatic rings. The lowest BCUT2D eigenvalue weighted by atomic mass is 10.0. The molecule has 3 heterocycles. The van der Waals surface area contributed by atoms with Crippen molar-refractivity contribution in [2.75, 3.05) is 5.73 Å². The van der Waals surface area contributed by atoms with Gasteiger partial charge in [-0.05, 0) is 34.5 Å². The van der Waals surface area contributed by atoms with Crippen LogP contribution in [0.3, 0.4) is 0 Å². The van der Waals surface area contributed by atoms with Crippen LogP contribution in [-0.2, 0) is 6.42 Å². The number of rotatable bonds is 6. The molecule has 0 bridgehead atoms. The molecule has 2 aromatic carbocycles. The average molecular weight is 442 g/mol. The summed E-state index contributed by atoms with van der Waals surface area (Å²) < 4.78 is 6.39. The van der Waals surface area contributed by atoms with E-state index in [4.69, 9.17) is 10.5 Å². The largest absolute Gasteiger partial charge is 0.443 e. The van der Waals surface area contributed by atoms with Crippen LogP contribution in [0.15, 0.2) is 66.9 Å². The van der Waals surface area contributed by atoms with Crippen LogP contribution in [0.5, 0.6) is 10.8 Å². The van der Waals surface area contributed by atoms with Gasteiger partial charge in [0.05, 0.1) is 10.6 Å². The molecule has 0 atom stereocenters. The van der Waals surface area contributed by atoms with Crippen LogP contribution >= 0.6 is 11.3 Å². The highest BCUT2D eigenvalue weighted by Gasteiger charge is 2.18. The fourth-order valence-electron chi connectivity index (χ4n) is 3.47. The number of anilines is 1. The second-order valence-corrected chi connectivity index (χ2v) is 8.30. The lowest BCUT2D eigenvalue weighted by molar-refractivity contribution is 0.498. The van der Waals surface area contributed by atoms with Crippen LogP contribution in [0.1, 0.15) is 16.4 Å². The van der Waals surface area contributed by atoms with Gasteiger partial charge in [-0.1, -0.05) is 65.9 Å². The SMILES string of the molecule is Cc1nc(-c2ccccc2)c(Oc2ccnc(N)c2-c2cccc(Cc3nnn[nH]3)c2)s1. The zero-order valence-electron chi connectivity index (χ0n) is 17.2.